The number of carbonyl (C=O) groups excluding carboxylic acids is 2. The number of likely N-dealkylation sites (tertiary alicyclic amines) is 1. The lowest BCUT2D eigenvalue weighted by molar-refractivity contribution is -0.153. The monoisotopic (exact) mass is 282 g/mol. The Morgan fingerprint density at radius 3 is 2.65 bits per heavy atom. The third kappa shape index (κ3) is 3.32. The van der Waals surface area contributed by atoms with Gasteiger partial charge >= 0.3 is 0 Å². The molecular formula is C15H26N2O3. The number of hydrogen-bond donors (Lipinski definition) is 2. The molecule has 1 saturated heterocycles. The Bertz CT molecular complexity index is 364. The van der Waals surface area contributed by atoms with Gasteiger partial charge in [-0.25, -0.2) is 0 Å². The van der Waals surface area contributed by atoms with Crippen molar-refractivity contribution in [3.05, 3.63) is 0 Å². The van der Waals surface area contributed by atoms with Crippen LogP contribution in [0.15, 0.2) is 0 Å². The number of aliphatic hydroxyl groups is 1. The lowest BCUT2D eigenvalue weighted by atomic mass is 9.93. The highest BCUT2D eigenvalue weighted by Crippen LogP contribution is 2.32. The number of rotatable bonds is 4. The number of nitrogens with one attached hydrogen (secondary N) is 1. The Labute approximate surface area is 120 Å². The van der Waals surface area contributed by atoms with Gasteiger partial charge in [0.25, 0.3) is 5.91 Å². The standard InChI is InChI=1S/C15H26N2O3/c1-2-9-16-13(18)12-6-5-10-17(11-12)14(19)15(20)7-3-4-8-15/h12,20H,2-11H2,1H3,(H,16,18). The zero-order chi connectivity index (χ0) is 14.6. The third-order valence-electron chi connectivity index (χ3n) is 4.46. The van der Waals surface area contributed by atoms with Crippen molar-refractivity contribution < 1.29 is 14.7 Å². The molecule has 2 aliphatic rings. The summed E-state index contributed by atoms with van der Waals surface area (Å²) >= 11 is 0. The molecule has 5 nitrogen and oxygen atoms in total. The quantitative estimate of drug-likeness (QED) is 0.810. The number of carbonyl (C=O) groups is 2. The average molecular weight is 282 g/mol. The van der Waals surface area contributed by atoms with Crippen molar-refractivity contribution in [2.45, 2.75) is 57.5 Å². The first-order valence-electron chi connectivity index (χ1n) is 7.86. The summed E-state index contributed by atoms with van der Waals surface area (Å²) < 4.78 is 0. The largest absolute Gasteiger partial charge is 0.380 e. The van der Waals surface area contributed by atoms with Gasteiger partial charge in [0.05, 0.1) is 5.92 Å². The maximum absolute atomic E-state index is 12.4. The highest BCUT2D eigenvalue weighted by molar-refractivity contribution is 5.86. The summed E-state index contributed by atoms with van der Waals surface area (Å²) in [5, 5.41) is 13.3. The molecule has 1 aliphatic heterocycles. The Morgan fingerprint density at radius 2 is 2.00 bits per heavy atom. The SMILES string of the molecule is CCCNC(=O)C1CCCN(C(=O)C2(O)CCCC2)C1. The summed E-state index contributed by atoms with van der Waals surface area (Å²) in [6.45, 7) is 3.83. The minimum absolute atomic E-state index is 0.0442. The van der Waals surface area contributed by atoms with Gasteiger partial charge in [0.2, 0.25) is 5.91 Å². The molecule has 1 saturated carbocycles. The van der Waals surface area contributed by atoms with Crippen LogP contribution in [-0.4, -0.2) is 47.1 Å². The number of amides is 2. The lowest BCUT2D eigenvalue weighted by Crippen LogP contribution is -2.52. The van der Waals surface area contributed by atoms with Gasteiger partial charge < -0.3 is 15.3 Å². The normalized spacial score (nSPS) is 25.5. The second kappa shape index (κ2) is 6.57. The van der Waals surface area contributed by atoms with Crippen LogP contribution < -0.4 is 5.32 Å². The molecule has 1 heterocycles. The minimum atomic E-state index is -1.16. The molecule has 1 unspecified atom stereocenters. The smallest absolute Gasteiger partial charge is 0.254 e. The molecule has 2 N–H and O–H groups in total. The molecule has 0 aromatic heterocycles. The van der Waals surface area contributed by atoms with Crippen LogP contribution in [0.1, 0.15) is 51.9 Å². The predicted octanol–water partition coefficient (Wildman–Crippen LogP) is 1.06. The molecule has 1 atom stereocenters. The van der Waals surface area contributed by atoms with E-state index in [1.54, 1.807) is 4.90 Å². The van der Waals surface area contributed by atoms with E-state index in [0.29, 0.717) is 32.5 Å². The van der Waals surface area contributed by atoms with E-state index in [9.17, 15) is 14.7 Å². The van der Waals surface area contributed by atoms with Gasteiger partial charge in [-0.05, 0) is 44.9 Å². The van der Waals surface area contributed by atoms with Crippen LogP contribution in [0.2, 0.25) is 0 Å². The maximum Gasteiger partial charge on any atom is 0.254 e. The number of nitrogens with zero attached hydrogens (tertiary/aromatic N) is 1. The average Bonchev–Trinajstić information content (AvgIpc) is 2.92. The zero-order valence-corrected chi connectivity index (χ0v) is 12.4. The van der Waals surface area contributed by atoms with Crippen LogP contribution in [0, 0.1) is 5.92 Å². The Balaban J connectivity index is 1.92. The number of piperidine rings is 1. The van der Waals surface area contributed by atoms with Gasteiger partial charge in [0.1, 0.15) is 5.60 Å². The fourth-order valence-electron chi connectivity index (χ4n) is 3.24. The van der Waals surface area contributed by atoms with Crippen molar-refractivity contribution >= 4 is 11.8 Å². The molecule has 2 amide bonds. The van der Waals surface area contributed by atoms with E-state index >= 15 is 0 Å². The van der Waals surface area contributed by atoms with Crippen molar-refractivity contribution in [3.63, 3.8) is 0 Å². The topological polar surface area (TPSA) is 69.6 Å². The van der Waals surface area contributed by atoms with Gasteiger partial charge in [-0.1, -0.05) is 6.92 Å². The minimum Gasteiger partial charge on any atom is -0.380 e. The Kier molecular flexibility index (Phi) is 5.02. The van der Waals surface area contributed by atoms with Gasteiger partial charge in [0, 0.05) is 19.6 Å². The highest BCUT2D eigenvalue weighted by atomic mass is 16.3. The first kappa shape index (κ1) is 15.3. The number of hydrogen-bond acceptors (Lipinski definition) is 3. The predicted molar refractivity (Wildman–Crippen MR) is 76.0 cm³/mol. The molecule has 20 heavy (non-hydrogen) atoms. The molecular weight excluding hydrogens is 256 g/mol. The molecule has 114 valence electrons. The van der Waals surface area contributed by atoms with Gasteiger partial charge in [-0.15, -0.1) is 0 Å². The van der Waals surface area contributed by atoms with Crippen molar-refractivity contribution in [2.24, 2.45) is 5.92 Å². The first-order chi connectivity index (χ1) is 9.57. The summed E-state index contributed by atoms with van der Waals surface area (Å²) in [5.74, 6) is -0.241. The molecule has 5 heteroatoms. The molecule has 0 spiro atoms. The lowest BCUT2D eigenvalue weighted by Gasteiger charge is -2.36. The summed E-state index contributed by atoms with van der Waals surface area (Å²) in [5.41, 5.74) is -1.16. The van der Waals surface area contributed by atoms with Crippen molar-refractivity contribution in [1.29, 1.82) is 0 Å². The molecule has 0 bridgehead atoms. The molecule has 1 aliphatic carbocycles. The summed E-state index contributed by atoms with van der Waals surface area (Å²) in [6, 6.07) is 0. The van der Waals surface area contributed by atoms with Gasteiger partial charge in [-0.3, -0.25) is 9.59 Å². The van der Waals surface area contributed by atoms with Crippen LogP contribution in [0.5, 0.6) is 0 Å². The van der Waals surface area contributed by atoms with Crippen molar-refractivity contribution in [1.82, 2.24) is 10.2 Å². The fraction of sp³-hybridized carbons (Fsp3) is 0.867. The van der Waals surface area contributed by atoms with Crippen LogP contribution >= 0.6 is 0 Å². The second-order valence-corrected chi connectivity index (χ2v) is 6.12. The molecule has 2 fully saturated rings. The summed E-state index contributed by atoms with van der Waals surface area (Å²) in [4.78, 5) is 26.2. The summed E-state index contributed by atoms with van der Waals surface area (Å²) in [6.07, 6.45) is 5.54. The first-order valence-corrected chi connectivity index (χ1v) is 7.86. The van der Waals surface area contributed by atoms with Crippen LogP contribution in [0.25, 0.3) is 0 Å². The van der Waals surface area contributed by atoms with Crippen LogP contribution in [0.3, 0.4) is 0 Å². The molecule has 2 rings (SSSR count). The van der Waals surface area contributed by atoms with E-state index in [1.807, 2.05) is 6.92 Å². The van der Waals surface area contributed by atoms with Gasteiger partial charge in [-0.2, -0.15) is 0 Å². The van der Waals surface area contributed by atoms with Crippen molar-refractivity contribution in [2.75, 3.05) is 19.6 Å². The third-order valence-corrected chi connectivity index (χ3v) is 4.46. The van der Waals surface area contributed by atoms with E-state index in [-0.39, 0.29) is 17.7 Å². The van der Waals surface area contributed by atoms with Crippen LogP contribution in [0.4, 0.5) is 0 Å². The Morgan fingerprint density at radius 1 is 1.30 bits per heavy atom. The molecule has 0 aromatic carbocycles. The van der Waals surface area contributed by atoms with E-state index in [0.717, 1.165) is 32.1 Å². The summed E-state index contributed by atoms with van der Waals surface area (Å²) in [7, 11) is 0. The van der Waals surface area contributed by atoms with E-state index in [2.05, 4.69) is 5.32 Å². The Hall–Kier alpha value is -1.10. The molecule has 0 radical (unpaired) electrons. The van der Waals surface area contributed by atoms with Crippen LogP contribution in [-0.2, 0) is 9.59 Å². The second-order valence-electron chi connectivity index (χ2n) is 6.12. The van der Waals surface area contributed by atoms with E-state index < -0.39 is 5.60 Å². The van der Waals surface area contributed by atoms with Gasteiger partial charge in [0.15, 0.2) is 0 Å². The fourth-order valence-corrected chi connectivity index (χ4v) is 3.24. The zero-order valence-electron chi connectivity index (χ0n) is 12.4. The van der Waals surface area contributed by atoms with E-state index in [4.69, 9.17) is 0 Å². The van der Waals surface area contributed by atoms with E-state index in [1.165, 1.54) is 0 Å². The van der Waals surface area contributed by atoms with Crippen molar-refractivity contribution in [3.8, 4) is 0 Å². The molecule has 0 aromatic rings. The highest BCUT2D eigenvalue weighted by Gasteiger charge is 2.43. The maximum atomic E-state index is 12.4.